The minimum atomic E-state index is -0.299. The monoisotopic (exact) mass is 406 g/mol. The smallest absolute Gasteiger partial charge is 0.273 e. The Morgan fingerprint density at radius 3 is 2.85 bits per heavy atom. The number of fused-ring (bicyclic) bond motifs is 1. The van der Waals surface area contributed by atoms with Crippen LogP contribution >= 0.6 is 34.7 Å². The Hall–Kier alpha value is -1.89. The number of aromatic nitrogens is 3. The van der Waals surface area contributed by atoms with Crippen molar-refractivity contribution in [2.75, 3.05) is 0 Å². The largest absolute Gasteiger partial charge is 0.344 e. The van der Waals surface area contributed by atoms with E-state index in [2.05, 4.69) is 26.9 Å². The quantitative estimate of drug-likeness (QED) is 0.693. The molecular weight excluding hydrogens is 391 g/mol. The maximum Gasteiger partial charge on any atom is 0.273 e. The predicted molar refractivity (Wildman–Crippen MR) is 103 cm³/mol. The zero-order valence-corrected chi connectivity index (χ0v) is 16.1. The number of amides is 1. The first-order valence-corrected chi connectivity index (χ1v) is 9.86. The van der Waals surface area contributed by atoms with Gasteiger partial charge in [0.2, 0.25) is 0 Å². The molecule has 5 nitrogen and oxygen atoms in total. The van der Waals surface area contributed by atoms with E-state index in [1.165, 1.54) is 11.3 Å². The molecule has 0 saturated carbocycles. The number of halogens is 2. The number of carbonyl (C=O) groups is 1. The van der Waals surface area contributed by atoms with Crippen LogP contribution in [0.1, 0.15) is 46.2 Å². The summed E-state index contributed by atoms with van der Waals surface area (Å²) in [5.41, 5.74) is 3.63. The van der Waals surface area contributed by atoms with E-state index >= 15 is 0 Å². The number of benzene rings is 1. The zero-order chi connectivity index (χ0) is 18.1. The highest BCUT2D eigenvalue weighted by atomic mass is 35.5. The second-order valence-corrected chi connectivity index (χ2v) is 7.98. The van der Waals surface area contributed by atoms with Gasteiger partial charge in [-0.2, -0.15) is 9.47 Å². The molecule has 1 amide bonds. The van der Waals surface area contributed by atoms with Gasteiger partial charge in [-0.1, -0.05) is 53.5 Å². The van der Waals surface area contributed by atoms with Crippen molar-refractivity contribution in [3.63, 3.8) is 0 Å². The summed E-state index contributed by atoms with van der Waals surface area (Å²) < 4.78 is 6.40. The molecule has 3 aromatic rings. The molecule has 1 aromatic carbocycles. The number of rotatable bonds is 4. The van der Waals surface area contributed by atoms with Crippen molar-refractivity contribution < 1.29 is 4.79 Å². The molecule has 1 atom stereocenters. The molecule has 2 aromatic heterocycles. The van der Waals surface area contributed by atoms with Gasteiger partial charge in [0.05, 0.1) is 18.8 Å². The number of hydrogen-bond acceptors (Lipinski definition) is 4. The Morgan fingerprint density at radius 2 is 2.12 bits per heavy atom. The molecule has 2 heterocycles. The molecule has 0 spiro atoms. The molecule has 0 bridgehead atoms. The summed E-state index contributed by atoms with van der Waals surface area (Å²) in [6.45, 7) is 0.727. The molecule has 0 aliphatic heterocycles. The Morgan fingerprint density at radius 1 is 1.31 bits per heavy atom. The third kappa shape index (κ3) is 3.37. The van der Waals surface area contributed by atoms with Gasteiger partial charge < -0.3 is 5.32 Å². The van der Waals surface area contributed by atoms with E-state index in [4.69, 9.17) is 23.2 Å². The van der Waals surface area contributed by atoms with Crippen LogP contribution in [0.4, 0.5) is 0 Å². The number of nitrogens with zero attached hydrogens (tertiary/aromatic N) is 3. The zero-order valence-electron chi connectivity index (χ0n) is 13.8. The van der Waals surface area contributed by atoms with Crippen LogP contribution in [0.5, 0.6) is 0 Å². The van der Waals surface area contributed by atoms with Gasteiger partial charge in [-0.15, -0.1) is 0 Å². The lowest BCUT2D eigenvalue weighted by Crippen LogP contribution is -2.31. The Kier molecular flexibility index (Phi) is 4.98. The topological polar surface area (TPSA) is 59.8 Å². The fraction of sp³-hybridized carbons (Fsp3) is 0.278. The number of hydrogen-bond donors (Lipinski definition) is 1. The second-order valence-electron chi connectivity index (χ2n) is 6.23. The lowest BCUT2D eigenvalue weighted by Gasteiger charge is -2.24. The third-order valence-electron chi connectivity index (χ3n) is 4.56. The molecule has 1 unspecified atom stereocenters. The molecule has 0 fully saturated rings. The van der Waals surface area contributed by atoms with E-state index in [9.17, 15) is 4.79 Å². The van der Waals surface area contributed by atoms with E-state index < -0.39 is 0 Å². The molecule has 1 N–H and O–H groups in total. The molecule has 8 heteroatoms. The van der Waals surface area contributed by atoms with Crippen LogP contribution in [0.3, 0.4) is 0 Å². The summed E-state index contributed by atoms with van der Waals surface area (Å²) in [6, 6.07) is 10.1. The van der Waals surface area contributed by atoms with Crippen molar-refractivity contribution in [1.82, 2.24) is 19.5 Å². The van der Waals surface area contributed by atoms with Gasteiger partial charge in [0, 0.05) is 11.3 Å². The Bertz CT molecular complexity index is 938. The number of nitrogens with one attached hydrogen (secondary N) is 1. The van der Waals surface area contributed by atoms with E-state index in [1.54, 1.807) is 0 Å². The molecule has 26 heavy (non-hydrogen) atoms. The molecule has 0 saturated heterocycles. The van der Waals surface area contributed by atoms with E-state index in [-0.39, 0.29) is 22.7 Å². The number of carbonyl (C=O) groups excluding carboxylic acids is 1. The van der Waals surface area contributed by atoms with Crippen LogP contribution in [0.2, 0.25) is 9.36 Å². The van der Waals surface area contributed by atoms with Crippen LogP contribution in [0.25, 0.3) is 0 Å². The average Bonchev–Trinajstić information content (AvgIpc) is 3.21. The van der Waals surface area contributed by atoms with Gasteiger partial charge in [-0.3, -0.25) is 9.48 Å². The van der Waals surface area contributed by atoms with Crippen LogP contribution in [-0.2, 0) is 13.0 Å². The van der Waals surface area contributed by atoms with Crippen molar-refractivity contribution in [2.24, 2.45) is 0 Å². The van der Waals surface area contributed by atoms with Gasteiger partial charge in [0.25, 0.3) is 5.91 Å². The molecule has 134 valence electrons. The van der Waals surface area contributed by atoms with Crippen molar-refractivity contribution in [3.05, 3.63) is 68.4 Å². The summed E-state index contributed by atoms with van der Waals surface area (Å²) in [4.78, 5) is 12.5. The molecule has 4 rings (SSSR count). The minimum absolute atomic E-state index is 0.0904. The van der Waals surface area contributed by atoms with E-state index in [0.717, 1.165) is 42.9 Å². The Labute approximate surface area is 165 Å². The predicted octanol–water partition coefficient (Wildman–Crippen LogP) is 4.50. The lowest BCUT2D eigenvalue weighted by atomic mass is 9.92. The third-order valence-corrected chi connectivity index (χ3v) is 6.17. The second kappa shape index (κ2) is 7.39. The first kappa shape index (κ1) is 17.5. The summed E-state index contributed by atoms with van der Waals surface area (Å²) >= 11 is 13.0. The maximum absolute atomic E-state index is 12.5. The first-order valence-electron chi connectivity index (χ1n) is 8.33. The lowest BCUT2D eigenvalue weighted by molar-refractivity contribution is 0.0929. The molecule has 1 aliphatic carbocycles. The highest BCUT2D eigenvalue weighted by Gasteiger charge is 2.27. The average molecular weight is 407 g/mol. The van der Waals surface area contributed by atoms with Crippen molar-refractivity contribution in [3.8, 4) is 0 Å². The molecular formula is C18H16Cl2N4OS. The van der Waals surface area contributed by atoms with Gasteiger partial charge in [0.1, 0.15) is 9.36 Å². The fourth-order valence-corrected chi connectivity index (χ4v) is 4.29. The maximum atomic E-state index is 12.5. The first-order chi connectivity index (χ1) is 12.6. The fourth-order valence-electron chi connectivity index (χ4n) is 3.29. The van der Waals surface area contributed by atoms with Crippen LogP contribution in [-0.4, -0.2) is 20.1 Å². The van der Waals surface area contributed by atoms with Crippen molar-refractivity contribution in [2.45, 2.75) is 31.8 Å². The Balaban J connectivity index is 1.54. The highest BCUT2D eigenvalue weighted by Crippen LogP contribution is 2.32. The highest BCUT2D eigenvalue weighted by molar-refractivity contribution is 7.11. The van der Waals surface area contributed by atoms with Gasteiger partial charge >= 0.3 is 0 Å². The summed E-state index contributed by atoms with van der Waals surface area (Å²) in [7, 11) is 0. The van der Waals surface area contributed by atoms with Crippen LogP contribution in [0, 0.1) is 0 Å². The van der Waals surface area contributed by atoms with E-state index in [1.807, 2.05) is 29.1 Å². The van der Waals surface area contributed by atoms with Gasteiger partial charge in [0.15, 0.2) is 5.69 Å². The summed E-state index contributed by atoms with van der Waals surface area (Å²) in [5.74, 6) is -0.299. The normalized spacial score (nSPS) is 16.3. The minimum Gasteiger partial charge on any atom is -0.344 e. The summed E-state index contributed by atoms with van der Waals surface area (Å²) in [6.07, 6.45) is 4.67. The van der Waals surface area contributed by atoms with E-state index in [0.29, 0.717) is 4.34 Å². The van der Waals surface area contributed by atoms with Crippen molar-refractivity contribution in [1.29, 1.82) is 0 Å². The summed E-state index contributed by atoms with van der Waals surface area (Å²) in [5, 5.41) is 7.79. The standard InChI is InChI=1S/C18H16Cl2N4OS/c19-15-16(23-26-17(15)20)18(25)22-13-7-4-8-14-12(13)9-21-24(14)10-11-5-2-1-3-6-11/h1-3,5-6,9,13H,4,7-8,10H2,(H,22,25). The van der Waals surface area contributed by atoms with Gasteiger partial charge in [-0.25, -0.2) is 0 Å². The van der Waals surface area contributed by atoms with Crippen LogP contribution < -0.4 is 5.32 Å². The molecule has 0 radical (unpaired) electrons. The van der Waals surface area contributed by atoms with Crippen LogP contribution in [0.15, 0.2) is 36.5 Å². The van der Waals surface area contributed by atoms with Crippen molar-refractivity contribution >= 4 is 40.6 Å². The SMILES string of the molecule is O=C(NC1CCCc2c1cnn2Cc1ccccc1)c1nsc(Cl)c1Cl. The van der Waals surface area contributed by atoms with Gasteiger partial charge in [-0.05, 0) is 36.4 Å². The molecule has 1 aliphatic rings.